The second kappa shape index (κ2) is 5.51. The predicted molar refractivity (Wildman–Crippen MR) is 52.0 cm³/mol. The van der Waals surface area contributed by atoms with E-state index in [0.29, 0.717) is 0 Å². The van der Waals surface area contributed by atoms with Crippen molar-refractivity contribution in [3.63, 3.8) is 0 Å². The van der Waals surface area contributed by atoms with Gasteiger partial charge in [0.1, 0.15) is 13.2 Å². The third-order valence-corrected chi connectivity index (χ3v) is 2.08. The van der Waals surface area contributed by atoms with Crippen LogP contribution in [0, 0.1) is 30.0 Å². The van der Waals surface area contributed by atoms with Crippen LogP contribution in [0.3, 0.4) is 0 Å². The monoisotopic (exact) mass is 202 g/mol. The van der Waals surface area contributed by atoms with Crippen molar-refractivity contribution < 1.29 is 9.47 Å². The first-order chi connectivity index (χ1) is 7.29. The van der Waals surface area contributed by atoms with Crippen LogP contribution in [-0.4, -0.2) is 0 Å². The number of hydrogen-bond acceptors (Lipinski definition) is 4. The van der Waals surface area contributed by atoms with Crippen LogP contribution in [0.15, 0.2) is 18.2 Å². The maximum atomic E-state index is 8.33. The van der Waals surface area contributed by atoms with E-state index in [2.05, 4.69) is 9.47 Å². The fraction of sp³-hybridized carbons (Fsp3) is 0.273. The lowest BCUT2D eigenvalue weighted by Crippen LogP contribution is -1.99. The Labute approximate surface area is 88.3 Å². The topological polar surface area (TPSA) is 66.0 Å². The summed E-state index contributed by atoms with van der Waals surface area (Å²) in [5, 5.41) is 16.6. The van der Waals surface area contributed by atoms with E-state index in [1.165, 1.54) is 0 Å². The Hall–Kier alpha value is -2.20. The average Bonchev–Trinajstić information content (AvgIpc) is 2.25. The Bertz CT molecular complexity index is 416. The Morgan fingerprint density at radius 1 is 1.13 bits per heavy atom. The highest BCUT2D eigenvalue weighted by atomic mass is 16.5. The molecular weight excluding hydrogens is 192 g/mol. The molecule has 76 valence electrons. The molecule has 0 aliphatic carbocycles. The predicted octanol–water partition coefficient (Wildman–Crippen LogP) is 1.99. The fourth-order valence-corrected chi connectivity index (χ4v) is 1.32. The van der Waals surface area contributed by atoms with E-state index in [1.54, 1.807) is 12.5 Å². The number of aryl methyl sites for hydroxylation is 1. The SMILES string of the molecule is Cc1cccc(COC#N)c1COC#N. The van der Waals surface area contributed by atoms with Gasteiger partial charge in [-0.05, 0) is 23.6 Å². The maximum absolute atomic E-state index is 8.33. The van der Waals surface area contributed by atoms with Crippen molar-refractivity contribution >= 4 is 0 Å². The summed E-state index contributed by atoms with van der Waals surface area (Å²) in [5.74, 6) is 0. The number of nitrogens with zero attached hydrogens (tertiary/aromatic N) is 2. The van der Waals surface area contributed by atoms with E-state index in [-0.39, 0.29) is 13.2 Å². The van der Waals surface area contributed by atoms with Gasteiger partial charge in [-0.1, -0.05) is 18.2 Å². The first-order valence-electron chi connectivity index (χ1n) is 4.38. The molecule has 0 fully saturated rings. The molecule has 0 aliphatic rings. The summed E-state index contributed by atoms with van der Waals surface area (Å²) < 4.78 is 9.35. The van der Waals surface area contributed by atoms with Crippen LogP contribution in [0.25, 0.3) is 0 Å². The van der Waals surface area contributed by atoms with E-state index < -0.39 is 0 Å². The molecule has 1 aromatic rings. The second-order valence-corrected chi connectivity index (χ2v) is 2.97. The minimum absolute atomic E-state index is 0.211. The third-order valence-electron chi connectivity index (χ3n) is 2.08. The molecule has 0 aliphatic heterocycles. The lowest BCUT2D eigenvalue weighted by Gasteiger charge is -2.09. The molecule has 0 radical (unpaired) electrons. The molecule has 0 spiro atoms. The molecule has 0 saturated carbocycles. The van der Waals surface area contributed by atoms with Crippen molar-refractivity contribution in [2.75, 3.05) is 0 Å². The maximum Gasteiger partial charge on any atom is 0.286 e. The van der Waals surface area contributed by atoms with Gasteiger partial charge in [0, 0.05) is 0 Å². The summed E-state index contributed by atoms with van der Waals surface area (Å²) in [6.45, 7) is 2.35. The van der Waals surface area contributed by atoms with Gasteiger partial charge in [0.15, 0.2) is 0 Å². The van der Waals surface area contributed by atoms with Crippen molar-refractivity contribution in [2.24, 2.45) is 0 Å². The number of benzene rings is 1. The molecule has 0 unspecified atom stereocenters. The molecule has 15 heavy (non-hydrogen) atoms. The number of nitriles is 2. The minimum atomic E-state index is 0.211. The van der Waals surface area contributed by atoms with Crippen molar-refractivity contribution in [2.45, 2.75) is 20.1 Å². The van der Waals surface area contributed by atoms with Crippen LogP contribution < -0.4 is 0 Å². The van der Waals surface area contributed by atoms with Gasteiger partial charge in [-0.3, -0.25) is 0 Å². The molecule has 0 aromatic heterocycles. The fourth-order valence-electron chi connectivity index (χ4n) is 1.32. The molecule has 1 aromatic carbocycles. The first kappa shape index (κ1) is 10.9. The second-order valence-electron chi connectivity index (χ2n) is 2.97. The van der Waals surface area contributed by atoms with Crippen LogP contribution in [0.2, 0.25) is 0 Å². The molecule has 0 heterocycles. The molecule has 4 nitrogen and oxygen atoms in total. The highest BCUT2D eigenvalue weighted by Crippen LogP contribution is 2.16. The highest BCUT2D eigenvalue weighted by Gasteiger charge is 2.06. The molecule has 0 amide bonds. The van der Waals surface area contributed by atoms with Crippen LogP contribution in [-0.2, 0) is 22.7 Å². The van der Waals surface area contributed by atoms with Crippen molar-refractivity contribution in [1.29, 1.82) is 10.5 Å². The Balaban J connectivity index is 2.89. The van der Waals surface area contributed by atoms with Gasteiger partial charge in [-0.15, -0.1) is 0 Å². The molecule has 4 heteroatoms. The van der Waals surface area contributed by atoms with E-state index in [4.69, 9.17) is 10.5 Å². The van der Waals surface area contributed by atoms with E-state index in [1.807, 2.05) is 25.1 Å². The standard InChI is InChI=1S/C11H10N2O2/c1-9-3-2-4-10(5-14-7-12)11(9)6-15-8-13/h2-4H,5-6H2,1H3. The molecule has 1 rings (SSSR count). The zero-order valence-electron chi connectivity index (χ0n) is 8.36. The van der Waals surface area contributed by atoms with E-state index >= 15 is 0 Å². The van der Waals surface area contributed by atoms with Crippen LogP contribution in [0.5, 0.6) is 0 Å². The van der Waals surface area contributed by atoms with Gasteiger partial charge in [-0.2, -0.15) is 10.5 Å². The van der Waals surface area contributed by atoms with Gasteiger partial charge in [0.25, 0.3) is 12.5 Å². The summed E-state index contributed by atoms with van der Waals surface area (Å²) in [7, 11) is 0. The lowest BCUT2D eigenvalue weighted by molar-refractivity contribution is 0.237. The zero-order valence-corrected chi connectivity index (χ0v) is 8.36. The normalized spacial score (nSPS) is 8.73. The van der Waals surface area contributed by atoms with Gasteiger partial charge < -0.3 is 9.47 Å². The average molecular weight is 202 g/mol. The minimum Gasteiger partial charge on any atom is -0.423 e. The number of rotatable bonds is 4. The highest BCUT2D eigenvalue weighted by molar-refractivity contribution is 5.33. The Kier molecular flexibility index (Phi) is 4.00. The van der Waals surface area contributed by atoms with Gasteiger partial charge in [-0.25, -0.2) is 0 Å². The van der Waals surface area contributed by atoms with Crippen LogP contribution in [0.4, 0.5) is 0 Å². The summed E-state index contributed by atoms with van der Waals surface area (Å²) in [4.78, 5) is 0. The van der Waals surface area contributed by atoms with Crippen LogP contribution in [0.1, 0.15) is 16.7 Å². The van der Waals surface area contributed by atoms with Gasteiger partial charge in [0.05, 0.1) is 0 Å². The molecule has 0 atom stereocenters. The quantitative estimate of drug-likeness (QED) is 0.700. The lowest BCUT2D eigenvalue weighted by atomic mass is 10.0. The summed E-state index contributed by atoms with van der Waals surface area (Å²) in [6.07, 6.45) is 3.23. The summed E-state index contributed by atoms with van der Waals surface area (Å²) in [5.41, 5.74) is 2.78. The largest absolute Gasteiger partial charge is 0.423 e. The Morgan fingerprint density at radius 3 is 2.47 bits per heavy atom. The van der Waals surface area contributed by atoms with Gasteiger partial charge >= 0.3 is 0 Å². The van der Waals surface area contributed by atoms with E-state index in [9.17, 15) is 0 Å². The van der Waals surface area contributed by atoms with Crippen molar-refractivity contribution in [3.8, 4) is 12.5 Å². The molecular formula is C11H10N2O2. The Morgan fingerprint density at radius 2 is 1.80 bits per heavy atom. The number of hydrogen-bond donors (Lipinski definition) is 0. The van der Waals surface area contributed by atoms with Crippen molar-refractivity contribution in [3.05, 3.63) is 34.9 Å². The summed E-state index contributed by atoms with van der Waals surface area (Å²) in [6, 6.07) is 5.65. The van der Waals surface area contributed by atoms with Crippen LogP contribution >= 0.6 is 0 Å². The van der Waals surface area contributed by atoms with Crippen molar-refractivity contribution in [1.82, 2.24) is 0 Å². The number of ether oxygens (including phenoxy) is 2. The van der Waals surface area contributed by atoms with E-state index in [0.717, 1.165) is 16.7 Å². The third kappa shape index (κ3) is 2.89. The molecule has 0 saturated heterocycles. The zero-order chi connectivity index (χ0) is 11.1. The smallest absolute Gasteiger partial charge is 0.286 e. The first-order valence-corrected chi connectivity index (χ1v) is 4.38. The van der Waals surface area contributed by atoms with Gasteiger partial charge in [0.2, 0.25) is 0 Å². The molecule has 0 N–H and O–H groups in total. The summed E-state index contributed by atoms with van der Waals surface area (Å²) >= 11 is 0. The molecule has 0 bridgehead atoms.